The molecule has 0 fully saturated rings. The van der Waals surface area contributed by atoms with Gasteiger partial charge in [-0.25, -0.2) is 8.42 Å². The van der Waals surface area contributed by atoms with E-state index in [9.17, 15) is 13.2 Å². The zero-order valence-corrected chi connectivity index (χ0v) is 22.0. The first-order valence-electron chi connectivity index (χ1n) is 10.1. The van der Waals surface area contributed by atoms with Crippen LogP contribution >= 0.6 is 46.1 Å². The van der Waals surface area contributed by atoms with E-state index in [4.69, 9.17) is 34.8 Å². The lowest BCUT2D eigenvalue weighted by Crippen LogP contribution is -2.38. The molecule has 7 nitrogen and oxygen atoms in total. The number of nitrogens with zero attached hydrogens (tertiary/aromatic N) is 3. The summed E-state index contributed by atoms with van der Waals surface area (Å²) in [6, 6.07) is 17.7. The molecule has 0 aliphatic carbocycles. The number of halogens is 3. The van der Waals surface area contributed by atoms with E-state index in [1.165, 1.54) is 30.3 Å². The predicted molar refractivity (Wildman–Crippen MR) is 141 cm³/mol. The Kier molecular flexibility index (Phi) is 7.63. The fraction of sp³-hybridized carbons (Fsp3) is 0.0870. The molecular weight excluding hydrogens is 551 g/mol. The second-order valence-electron chi connectivity index (χ2n) is 7.42. The molecule has 1 amide bonds. The van der Waals surface area contributed by atoms with Gasteiger partial charge in [-0.05, 0) is 49.4 Å². The number of sulfonamides is 1. The Morgan fingerprint density at radius 1 is 0.914 bits per heavy atom. The summed E-state index contributed by atoms with van der Waals surface area (Å²) in [5.41, 5.74) is 1.83. The normalized spacial score (nSPS) is 11.3. The second kappa shape index (κ2) is 10.5. The van der Waals surface area contributed by atoms with Crippen LogP contribution in [0.1, 0.15) is 5.56 Å². The molecule has 0 spiro atoms. The van der Waals surface area contributed by atoms with Gasteiger partial charge in [0, 0.05) is 20.6 Å². The molecule has 0 unspecified atom stereocenters. The smallest absolute Gasteiger partial charge is 0.264 e. The van der Waals surface area contributed by atoms with Crippen molar-refractivity contribution in [3.63, 3.8) is 0 Å². The first-order valence-corrected chi connectivity index (χ1v) is 13.5. The maximum absolute atomic E-state index is 13.5. The summed E-state index contributed by atoms with van der Waals surface area (Å²) in [7, 11) is -4.12. The number of aromatic nitrogens is 2. The second-order valence-corrected chi connectivity index (χ2v) is 11.6. The van der Waals surface area contributed by atoms with E-state index in [2.05, 4.69) is 15.5 Å². The maximum Gasteiger partial charge on any atom is 0.264 e. The van der Waals surface area contributed by atoms with Crippen molar-refractivity contribution in [3.8, 4) is 10.6 Å². The van der Waals surface area contributed by atoms with Crippen molar-refractivity contribution in [3.05, 3.63) is 87.4 Å². The molecular formula is C23H17Cl3N4O3S2. The van der Waals surface area contributed by atoms with E-state index in [-0.39, 0.29) is 25.8 Å². The summed E-state index contributed by atoms with van der Waals surface area (Å²) in [5, 5.41) is 12.5. The molecule has 0 atom stereocenters. The number of carbonyl (C=O) groups is 1. The quantitative estimate of drug-likeness (QED) is 0.283. The number of benzene rings is 3. The molecule has 1 aromatic heterocycles. The van der Waals surface area contributed by atoms with Gasteiger partial charge >= 0.3 is 0 Å². The minimum absolute atomic E-state index is 0.0212. The number of anilines is 2. The summed E-state index contributed by atoms with van der Waals surface area (Å²) >= 11 is 19.3. The summed E-state index contributed by atoms with van der Waals surface area (Å²) in [6.45, 7) is 1.31. The van der Waals surface area contributed by atoms with Gasteiger partial charge in [0.25, 0.3) is 10.0 Å². The summed E-state index contributed by atoms with van der Waals surface area (Å²) < 4.78 is 27.9. The average Bonchev–Trinajstić information content (AvgIpc) is 3.26. The fourth-order valence-corrected chi connectivity index (χ4v) is 5.92. The van der Waals surface area contributed by atoms with Crippen molar-refractivity contribution in [2.24, 2.45) is 0 Å². The van der Waals surface area contributed by atoms with Gasteiger partial charge in [-0.15, -0.1) is 10.2 Å². The molecule has 3 aromatic carbocycles. The largest absolute Gasteiger partial charge is 0.299 e. The van der Waals surface area contributed by atoms with Crippen LogP contribution in [0, 0.1) is 6.92 Å². The zero-order chi connectivity index (χ0) is 25.2. The van der Waals surface area contributed by atoms with Crippen molar-refractivity contribution < 1.29 is 13.2 Å². The molecule has 0 saturated carbocycles. The number of hydrogen-bond acceptors (Lipinski definition) is 6. The Balaban J connectivity index is 1.61. The number of amides is 1. The van der Waals surface area contributed by atoms with E-state index in [0.29, 0.717) is 10.0 Å². The van der Waals surface area contributed by atoms with Crippen molar-refractivity contribution >= 4 is 72.9 Å². The van der Waals surface area contributed by atoms with Gasteiger partial charge in [-0.3, -0.25) is 14.4 Å². The summed E-state index contributed by atoms with van der Waals surface area (Å²) in [5.74, 6) is -0.615. The first kappa shape index (κ1) is 25.4. The predicted octanol–water partition coefficient (Wildman–Crippen LogP) is 6.31. The van der Waals surface area contributed by atoms with Gasteiger partial charge in [-0.1, -0.05) is 76.0 Å². The number of rotatable bonds is 7. The van der Waals surface area contributed by atoms with Crippen molar-refractivity contribution in [2.45, 2.75) is 11.8 Å². The van der Waals surface area contributed by atoms with Crippen molar-refractivity contribution in [2.75, 3.05) is 16.2 Å². The first-order chi connectivity index (χ1) is 16.6. The van der Waals surface area contributed by atoms with Crippen LogP contribution in [0.2, 0.25) is 15.1 Å². The lowest BCUT2D eigenvalue weighted by atomic mass is 10.2. The molecule has 0 aliphatic rings. The lowest BCUT2D eigenvalue weighted by Gasteiger charge is -2.24. The van der Waals surface area contributed by atoms with Crippen LogP contribution in [0.4, 0.5) is 10.8 Å². The van der Waals surface area contributed by atoms with E-state index in [0.717, 1.165) is 26.8 Å². The number of aryl methyl sites for hydroxylation is 1. The minimum Gasteiger partial charge on any atom is -0.299 e. The highest BCUT2D eigenvalue weighted by Crippen LogP contribution is 2.31. The molecule has 0 aliphatic heterocycles. The zero-order valence-electron chi connectivity index (χ0n) is 18.1. The number of hydrogen-bond donors (Lipinski definition) is 1. The van der Waals surface area contributed by atoms with Gasteiger partial charge in [0.15, 0.2) is 0 Å². The third-order valence-electron chi connectivity index (χ3n) is 4.79. The van der Waals surface area contributed by atoms with Gasteiger partial charge in [-0.2, -0.15) is 0 Å². The van der Waals surface area contributed by atoms with E-state index in [1.807, 2.05) is 6.92 Å². The molecule has 4 rings (SSSR count). The van der Waals surface area contributed by atoms with E-state index in [1.54, 1.807) is 36.4 Å². The molecule has 180 valence electrons. The fourth-order valence-electron chi connectivity index (χ4n) is 3.11. The van der Waals surface area contributed by atoms with Crippen LogP contribution in [0.15, 0.2) is 71.6 Å². The van der Waals surface area contributed by atoms with Gasteiger partial charge in [0.05, 0.1) is 10.6 Å². The number of carbonyl (C=O) groups excluding carboxylic acids is 1. The van der Waals surface area contributed by atoms with Crippen LogP contribution < -0.4 is 9.62 Å². The van der Waals surface area contributed by atoms with Crippen LogP contribution in [0.3, 0.4) is 0 Å². The third-order valence-corrected chi connectivity index (χ3v) is 8.16. The molecule has 1 N–H and O–H groups in total. The van der Waals surface area contributed by atoms with Gasteiger partial charge in [0.2, 0.25) is 11.0 Å². The molecule has 4 aromatic rings. The average molecular weight is 568 g/mol. The Morgan fingerprint density at radius 3 is 2.17 bits per heavy atom. The summed E-state index contributed by atoms with van der Waals surface area (Å²) in [4.78, 5) is 12.9. The number of nitrogens with one attached hydrogen (secondary N) is 1. The Bertz CT molecular complexity index is 1450. The Labute approximate surface area is 221 Å². The summed E-state index contributed by atoms with van der Waals surface area (Å²) in [6.07, 6.45) is 0. The SMILES string of the molecule is Cc1ccc(S(=O)(=O)N(CC(=O)Nc2nnc(-c3ccc(Cl)cc3)s2)c2cc(Cl)cc(Cl)c2)cc1. The van der Waals surface area contributed by atoms with Crippen LogP contribution in [0.5, 0.6) is 0 Å². The highest BCUT2D eigenvalue weighted by Gasteiger charge is 2.28. The van der Waals surface area contributed by atoms with Crippen LogP contribution in [-0.2, 0) is 14.8 Å². The van der Waals surface area contributed by atoms with Crippen molar-refractivity contribution in [1.82, 2.24) is 10.2 Å². The standard InChI is InChI=1S/C23H17Cl3N4O3S2/c1-14-2-8-20(9-3-14)35(32,33)30(19-11-17(25)10-18(26)12-19)13-21(31)27-23-29-28-22(34-23)15-4-6-16(24)7-5-15/h2-12H,13H2,1H3,(H,27,29,31). The maximum atomic E-state index is 13.5. The highest BCUT2D eigenvalue weighted by molar-refractivity contribution is 7.92. The third kappa shape index (κ3) is 6.12. The Morgan fingerprint density at radius 2 is 1.54 bits per heavy atom. The minimum atomic E-state index is -4.12. The van der Waals surface area contributed by atoms with Crippen molar-refractivity contribution in [1.29, 1.82) is 0 Å². The highest BCUT2D eigenvalue weighted by atomic mass is 35.5. The van der Waals surface area contributed by atoms with E-state index >= 15 is 0 Å². The Hall–Kier alpha value is -2.69. The lowest BCUT2D eigenvalue weighted by molar-refractivity contribution is -0.114. The molecule has 12 heteroatoms. The van der Waals surface area contributed by atoms with E-state index < -0.39 is 22.5 Å². The molecule has 1 heterocycles. The molecule has 0 bridgehead atoms. The monoisotopic (exact) mass is 566 g/mol. The molecule has 0 radical (unpaired) electrons. The molecule has 0 saturated heterocycles. The van der Waals surface area contributed by atoms with Crippen LogP contribution in [0.25, 0.3) is 10.6 Å². The van der Waals surface area contributed by atoms with Gasteiger partial charge in [0.1, 0.15) is 11.6 Å². The topological polar surface area (TPSA) is 92.3 Å². The van der Waals surface area contributed by atoms with Crippen LogP contribution in [-0.4, -0.2) is 31.1 Å². The van der Waals surface area contributed by atoms with Gasteiger partial charge < -0.3 is 0 Å². The molecule has 35 heavy (non-hydrogen) atoms.